The molecule has 1 atom stereocenters. The van der Waals surface area contributed by atoms with Crippen LogP contribution < -0.4 is 15.8 Å². The third-order valence-electron chi connectivity index (χ3n) is 2.54. The van der Waals surface area contributed by atoms with Crippen molar-refractivity contribution in [3.63, 3.8) is 0 Å². The Morgan fingerprint density at radius 2 is 2.29 bits per heavy atom. The topological polar surface area (TPSA) is 64.3 Å². The number of primary amides is 1. The van der Waals surface area contributed by atoms with E-state index in [0.29, 0.717) is 0 Å². The number of nitrogens with two attached hydrogens (primary N) is 1. The number of hydrogen-bond acceptors (Lipinski definition) is 2. The van der Waals surface area contributed by atoms with Gasteiger partial charge in [-0.2, -0.15) is 0 Å². The van der Waals surface area contributed by atoms with E-state index in [9.17, 15) is 4.79 Å². The molecule has 17 heavy (non-hydrogen) atoms. The average Bonchev–Trinajstić information content (AvgIpc) is 2.27. The molecule has 0 radical (unpaired) electrons. The maximum atomic E-state index is 10.8. The Balaban J connectivity index is 2.73. The van der Waals surface area contributed by atoms with Crippen LogP contribution in [0.3, 0.4) is 0 Å². The normalized spacial score (nSPS) is 11.9. The maximum absolute atomic E-state index is 10.8. The number of ether oxygens (including phenoxy) is 1. The summed E-state index contributed by atoms with van der Waals surface area (Å²) < 4.78 is 6.07. The van der Waals surface area contributed by atoms with E-state index >= 15 is 0 Å². The van der Waals surface area contributed by atoms with E-state index in [-0.39, 0.29) is 6.04 Å². The van der Waals surface area contributed by atoms with E-state index in [1.165, 1.54) is 0 Å². The largest absolute Gasteiger partial charge is 0.496 e. The molecule has 0 aromatic heterocycles. The van der Waals surface area contributed by atoms with Crippen molar-refractivity contribution >= 4 is 22.0 Å². The summed E-state index contributed by atoms with van der Waals surface area (Å²) in [6.07, 6.45) is 1.59. The number of carbonyl (C=O) groups excluding carboxylic acids is 1. The Kier molecular flexibility index (Phi) is 5.28. The van der Waals surface area contributed by atoms with Crippen LogP contribution in [0.2, 0.25) is 0 Å². The first-order chi connectivity index (χ1) is 8.06. The Bertz CT molecular complexity index is 396. The molecular formula is C12H17BrN2O2. The second kappa shape index (κ2) is 6.49. The van der Waals surface area contributed by atoms with E-state index in [0.717, 1.165) is 28.6 Å². The smallest absolute Gasteiger partial charge is 0.312 e. The van der Waals surface area contributed by atoms with Crippen molar-refractivity contribution in [2.45, 2.75) is 25.8 Å². The summed E-state index contributed by atoms with van der Waals surface area (Å²) in [6, 6.07) is 5.45. The van der Waals surface area contributed by atoms with Crippen molar-refractivity contribution in [1.29, 1.82) is 0 Å². The molecule has 4 nitrogen and oxygen atoms in total. The van der Waals surface area contributed by atoms with Gasteiger partial charge >= 0.3 is 6.03 Å². The first kappa shape index (κ1) is 13.8. The highest BCUT2D eigenvalue weighted by Crippen LogP contribution is 2.26. The van der Waals surface area contributed by atoms with Crippen LogP contribution in [0.5, 0.6) is 5.75 Å². The molecule has 0 aliphatic rings. The number of rotatable bonds is 5. The summed E-state index contributed by atoms with van der Waals surface area (Å²) in [5.74, 6) is 0.796. The van der Waals surface area contributed by atoms with Crippen molar-refractivity contribution in [2.75, 3.05) is 7.11 Å². The van der Waals surface area contributed by atoms with E-state index in [4.69, 9.17) is 10.5 Å². The molecule has 0 aliphatic carbocycles. The summed E-state index contributed by atoms with van der Waals surface area (Å²) in [4.78, 5) is 10.8. The number of carbonyl (C=O) groups is 1. The minimum atomic E-state index is -0.482. The summed E-state index contributed by atoms with van der Waals surface area (Å²) in [5, 5.41) is 2.72. The molecule has 0 heterocycles. The zero-order chi connectivity index (χ0) is 12.8. The van der Waals surface area contributed by atoms with Crippen LogP contribution in [0.25, 0.3) is 0 Å². The van der Waals surface area contributed by atoms with Gasteiger partial charge in [-0.1, -0.05) is 13.0 Å². The molecule has 0 spiro atoms. The average molecular weight is 301 g/mol. The second-order valence-electron chi connectivity index (χ2n) is 3.79. The molecule has 0 saturated heterocycles. The molecule has 1 aromatic carbocycles. The zero-order valence-corrected chi connectivity index (χ0v) is 11.6. The van der Waals surface area contributed by atoms with Gasteiger partial charge in [0, 0.05) is 6.04 Å². The molecule has 5 heteroatoms. The van der Waals surface area contributed by atoms with E-state index in [1.54, 1.807) is 7.11 Å². The van der Waals surface area contributed by atoms with Crippen LogP contribution in [0.15, 0.2) is 22.7 Å². The van der Waals surface area contributed by atoms with Gasteiger partial charge in [0.05, 0.1) is 11.6 Å². The van der Waals surface area contributed by atoms with Crippen LogP contribution in [0.4, 0.5) is 4.79 Å². The lowest BCUT2D eigenvalue weighted by Crippen LogP contribution is -2.39. The lowest BCUT2D eigenvalue weighted by Gasteiger charge is -2.16. The second-order valence-corrected chi connectivity index (χ2v) is 4.64. The molecule has 1 rings (SSSR count). The fourth-order valence-corrected chi connectivity index (χ4v) is 2.21. The number of halogens is 1. The number of amides is 2. The standard InChI is InChI=1S/C12H17BrN2O2/c1-3-9(15-12(14)16)6-8-4-5-11(17-2)10(13)7-8/h4-5,7,9H,3,6H2,1-2H3,(H3,14,15,16). The summed E-state index contributed by atoms with van der Waals surface area (Å²) in [6.45, 7) is 2.01. The monoisotopic (exact) mass is 300 g/mol. The van der Waals surface area contributed by atoms with Gasteiger partial charge in [0.1, 0.15) is 5.75 Å². The van der Waals surface area contributed by atoms with E-state index < -0.39 is 6.03 Å². The van der Waals surface area contributed by atoms with Gasteiger partial charge in [0.15, 0.2) is 0 Å². The molecule has 0 bridgehead atoms. The fourth-order valence-electron chi connectivity index (χ4n) is 1.62. The highest BCUT2D eigenvalue weighted by Gasteiger charge is 2.10. The van der Waals surface area contributed by atoms with Crippen molar-refractivity contribution in [2.24, 2.45) is 5.73 Å². The molecule has 0 saturated carbocycles. The van der Waals surface area contributed by atoms with Gasteiger partial charge in [-0.05, 0) is 46.5 Å². The van der Waals surface area contributed by atoms with Gasteiger partial charge in [-0.3, -0.25) is 0 Å². The van der Waals surface area contributed by atoms with Gasteiger partial charge in [-0.25, -0.2) is 4.79 Å². The molecule has 0 fully saturated rings. The van der Waals surface area contributed by atoms with Crippen LogP contribution in [-0.4, -0.2) is 19.2 Å². The summed E-state index contributed by atoms with van der Waals surface area (Å²) in [5.41, 5.74) is 6.24. The minimum Gasteiger partial charge on any atom is -0.496 e. The predicted octanol–water partition coefficient (Wildman–Crippen LogP) is 2.45. The van der Waals surface area contributed by atoms with Gasteiger partial charge in [0.25, 0.3) is 0 Å². The van der Waals surface area contributed by atoms with E-state index in [1.807, 2.05) is 25.1 Å². The zero-order valence-electron chi connectivity index (χ0n) is 10.00. The third kappa shape index (κ3) is 4.26. The molecule has 1 unspecified atom stereocenters. The number of hydrogen-bond donors (Lipinski definition) is 2. The number of benzene rings is 1. The Labute approximate surface area is 110 Å². The minimum absolute atomic E-state index is 0.0628. The molecule has 1 aromatic rings. The van der Waals surface area contributed by atoms with Crippen molar-refractivity contribution in [1.82, 2.24) is 5.32 Å². The third-order valence-corrected chi connectivity index (χ3v) is 3.16. The van der Waals surface area contributed by atoms with Crippen molar-refractivity contribution in [3.8, 4) is 5.75 Å². The van der Waals surface area contributed by atoms with Crippen LogP contribution >= 0.6 is 15.9 Å². The highest BCUT2D eigenvalue weighted by atomic mass is 79.9. The molecule has 0 aliphatic heterocycles. The molecule has 2 amide bonds. The van der Waals surface area contributed by atoms with Crippen molar-refractivity contribution < 1.29 is 9.53 Å². The predicted molar refractivity (Wildman–Crippen MR) is 71.2 cm³/mol. The van der Waals surface area contributed by atoms with Gasteiger partial charge < -0.3 is 15.8 Å². The van der Waals surface area contributed by atoms with Crippen molar-refractivity contribution in [3.05, 3.63) is 28.2 Å². The van der Waals surface area contributed by atoms with E-state index in [2.05, 4.69) is 21.2 Å². The first-order valence-electron chi connectivity index (χ1n) is 5.45. The molecule has 94 valence electrons. The summed E-state index contributed by atoms with van der Waals surface area (Å²) >= 11 is 3.43. The molecular weight excluding hydrogens is 284 g/mol. The van der Waals surface area contributed by atoms with Crippen LogP contribution in [0.1, 0.15) is 18.9 Å². The van der Waals surface area contributed by atoms with Gasteiger partial charge in [-0.15, -0.1) is 0 Å². The van der Waals surface area contributed by atoms with Crippen LogP contribution in [0, 0.1) is 0 Å². The quantitative estimate of drug-likeness (QED) is 0.877. The highest BCUT2D eigenvalue weighted by molar-refractivity contribution is 9.10. The van der Waals surface area contributed by atoms with Gasteiger partial charge in [0.2, 0.25) is 0 Å². The lowest BCUT2D eigenvalue weighted by molar-refractivity contribution is 0.244. The Morgan fingerprint density at radius 1 is 1.59 bits per heavy atom. The summed E-state index contributed by atoms with van der Waals surface area (Å²) in [7, 11) is 1.63. The maximum Gasteiger partial charge on any atom is 0.312 e. The SMILES string of the molecule is CCC(Cc1ccc(OC)c(Br)c1)NC(N)=O. The lowest BCUT2D eigenvalue weighted by atomic mass is 10.0. The number of methoxy groups -OCH3 is 1. The number of urea groups is 1. The first-order valence-corrected chi connectivity index (χ1v) is 6.24. The number of nitrogens with one attached hydrogen (secondary N) is 1. The fraction of sp³-hybridized carbons (Fsp3) is 0.417. The Morgan fingerprint density at radius 3 is 2.76 bits per heavy atom. The Hall–Kier alpha value is -1.23. The van der Waals surface area contributed by atoms with Crippen LogP contribution in [-0.2, 0) is 6.42 Å². The molecule has 3 N–H and O–H groups in total.